The van der Waals surface area contributed by atoms with Crippen LogP contribution in [0.4, 0.5) is 0 Å². The van der Waals surface area contributed by atoms with Gasteiger partial charge in [-0.25, -0.2) is 0 Å². The first-order valence-corrected chi connectivity index (χ1v) is 7.92. The smallest absolute Gasteiger partial charge is 0.226 e. The van der Waals surface area contributed by atoms with Crippen LogP contribution in [0.15, 0.2) is 0 Å². The molecule has 2 nitrogen and oxygen atoms in total. The minimum Gasteiger partial charge on any atom is -0.351 e. The molecule has 1 amide bonds. The van der Waals surface area contributed by atoms with Gasteiger partial charge in [-0.3, -0.25) is 4.79 Å². The minimum absolute atomic E-state index is 0.0899. The Morgan fingerprint density at radius 1 is 1.28 bits per heavy atom. The molecule has 2 rings (SSSR count). The molecule has 0 aliphatic heterocycles. The van der Waals surface area contributed by atoms with Crippen LogP contribution in [0.2, 0.25) is 0 Å². The molecule has 0 spiro atoms. The van der Waals surface area contributed by atoms with E-state index in [0.29, 0.717) is 5.92 Å². The third kappa shape index (κ3) is 3.01. The summed E-state index contributed by atoms with van der Waals surface area (Å²) in [6.45, 7) is 4.43. The number of carbonyl (C=O) groups is 1. The second-order valence-electron chi connectivity index (χ2n) is 6.61. The summed E-state index contributed by atoms with van der Waals surface area (Å²) in [5.41, 5.74) is -0.0899. The lowest BCUT2D eigenvalue weighted by atomic mass is 9.77. The van der Waals surface area contributed by atoms with Crippen molar-refractivity contribution in [1.29, 1.82) is 0 Å². The van der Waals surface area contributed by atoms with Crippen molar-refractivity contribution in [2.24, 2.45) is 11.3 Å². The topological polar surface area (TPSA) is 29.1 Å². The highest BCUT2D eigenvalue weighted by atomic mass is 35.5. The first-order valence-electron chi connectivity index (χ1n) is 7.48. The van der Waals surface area contributed by atoms with Crippen LogP contribution in [0.1, 0.15) is 65.2 Å². The summed E-state index contributed by atoms with van der Waals surface area (Å²) in [5.74, 6) is 0.871. The zero-order chi connectivity index (χ0) is 13.2. The van der Waals surface area contributed by atoms with Gasteiger partial charge < -0.3 is 5.32 Å². The van der Waals surface area contributed by atoms with Crippen LogP contribution >= 0.6 is 11.6 Å². The SMILES string of the molecule is CC(C)CC1(C(=O)NC2CCCC2Cl)CCCC1. The normalized spacial score (nSPS) is 30.9. The Kier molecular flexibility index (Phi) is 4.58. The number of hydrogen-bond acceptors (Lipinski definition) is 1. The van der Waals surface area contributed by atoms with Crippen LogP contribution in [0.3, 0.4) is 0 Å². The Balaban J connectivity index is 1.99. The quantitative estimate of drug-likeness (QED) is 0.773. The van der Waals surface area contributed by atoms with Crippen molar-refractivity contribution < 1.29 is 4.79 Å². The Hall–Kier alpha value is -0.240. The summed E-state index contributed by atoms with van der Waals surface area (Å²) in [5, 5.41) is 3.39. The van der Waals surface area contributed by atoms with Gasteiger partial charge in [-0.05, 0) is 44.4 Å². The highest BCUT2D eigenvalue weighted by molar-refractivity contribution is 6.21. The molecular formula is C15H26ClNO. The molecule has 0 saturated heterocycles. The average molecular weight is 272 g/mol. The van der Waals surface area contributed by atoms with Crippen LogP contribution < -0.4 is 5.32 Å². The van der Waals surface area contributed by atoms with Gasteiger partial charge in [0, 0.05) is 11.5 Å². The maximum Gasteiger partial charge on any atom is 0.226 e. The molecule has 0 heterocycles. The number of nitrogens with one attached hydrogen (secondary N) is 1. The van der Waals surface area contributed by atoms with E-state index in [4.69, 9.17) is 11.6 Å². The Labute approximate surface area is 116 Å². The lowest BCUT2D eigenvalue weighted by Gasteiger charge is -2.31. The van der Waals surface area contributed by atoms with Gasteiger partial charge in [0.05, 0.1) is 5.38 Å². The molecule has 2 atom stereocenters. The van der Waals surface area contributed by atoms with Crippen molar-refractivity contribution in [2.45, 2.75) is 76.6 Å². The number of hydrogen-bond donors (Lipinski definition) is 1. The van der Waals surface area contributed by atoms with Gasteiger partial charge in [-0.1, -0.05) is 26.7 Å². The van der Waals surface area contributed by atoms with Crippen LogP contribution in [-0.4, -0.2) is 17.3 Å². The molecule has 3 heteroatoms. The molecule has 0 aromatic carbocycles. The van der Waals surface area contributed by atoms with E-state index in [1.165, 1.54) is 12.8 Å². The summed E-state index contributed by atoms with van der Waals surface area (Å²) in [4.78, 5) is 12.6. The highest BCUT2D eigenvalue weighted by Crippen LogP contribution is 2.43. The number of carbonyl (C=O) groups excluding carboxylic acids is 1. The Morgan fingerprint density at radius 3 is 2.44 bits per heavy atom. The van der Waals surface area contributed by atoms with Crippen molar-refractivity contribution in [3.63, 3.8) is 0 Å². The van der Waals surface area contributed by atoms with Crippen molar-refractivity contribution >= 4 is 17.5 Å². The summed E-state index contributed by atoms with van der Waals surface area (Å²) in [7, 11) is 0. The average Bonchev–Trinajstić information content (AvgIpc) is 2.89. The molecule has 1 N–H and O–H groups in total. The van der Waals surface area contributed by atoms with Crippen LogP contribution in [0, 0.1) is 11.3 Å². The number of rotatable bonds is 4. The fraction of sp³-hybridized carbons (Fsp3) is 0.933. The van der Waals surface area contributed by atoms with Crippen LogP contribution in [-0.2, 0) is 4.79 Å². The molecule has 0 bridgehead atoms. The van der Waals surface area contributed by atoms with Crippen LogP contribution in [0.5, 0.6) is 0 Å². The first-order chi connectivity index (χ1) is 8.53. The van der Waals surface area contributed by atoms with Gasteiger partial charge in [0.15, 0.2) is 0 Å². The minimum atomic E-state index is -0.0899. The number of amides is 1. The monoisotopic (exact) mass is 271 g/mol. The standard InChI is InChI=1S/C15H26ClNO/c1-11(2)10-15(8-3-4-9-15)14(18)17-13-7-5-6-12(13)16/h11-13H,3-10H2,1-2H3,(H,17,18). The summed E-state index contributed by atoms with van der Waals surface area (Å²) < 4.78 is 0. The second-order valence-corrected chi connectivity index (χ2v) is 7.17. The zero-order valence-corrected chi connectivity index (χ0v) is 12.4. The van der Waals surface area contributed by atoms with Crippen molar-refractivity contribution in [1.82, 2.24) is 5.32 Å². The zero-order valence-electron chi connectivity index (χ0n) is 11.7. The Bertz CT molecular complexity index is 297. The van der Waals surface area contributed by atoms with Gasteiger partial charge in [0.25, 0.3) is 0 Å². The van der Waals surface area contributed by atoms with Gasteiger partial charge in [-0.15, -0.1) is 11.6 Å². The van der Waals surface area contributed by atoms with E-state index in [1.807, 2.05) is 0 Å². The maximum atomic E-state index is 12.6. The van der Waals surface area contributed by atoms with E-state index in [2.05, 4.69) is 19.2 Å². The lowest BCUT2D eigenvalue weighted by molar-refractivity contribution is -0.132. The van der Waals surface area contributed by atoms with E-state index >= 15 is 0 Å². The largest absolute Gasteiger partial charge is 0.351 e. The molecule has 0 aromatic heterocycles. The van der Waals surface area contributed by atoms with Gasteiger partial charge in [0.1, 0.15) is 0 Å². The fourth-order valence-electron chi connectivity index (χ4n) is 3.76. The van der Waals surface area contributed by atoms with Gasteiger partial charge in [0.2, 0.25) is 5.91 Å². The Morgan fingerprint density at radius 2 is 1.94 bits per heavy atom. The summed E-state index contributed by atoms with van der Waals surface area (Å²) in [6.07, 6.45) is 8.81. The van der Waals surface area contributed by atoms with E-state index in [-0.39, 0.29) is 22.7 Å². The fourth-order valence-corrected chi connectivity index (χ4v) is 4.10. The van der Waals surface area contributed by atoms with Crippen molar-refractivity contribution in [3.8, 4) is 0 Å². The summed E-state index contributed by atoms with van der Waals surface area (Å²) >= 11 is 6.27. The van der Waals surface area contributed by atoms with E-state index in [1.54, 1.807) is 0 Å². The molecule has 0 radical (unpaired) electrons. The molecule has 2 fully saturated rings. The van der Waals surface area contributed by atoms with Gasteiger partial charge in [-0.2, -0.15) is 0 Å². The van der Waals surface area contributed by atoms with Crippen molar-refractivity contribution in [3.05, 3.63) is 0 Å². The number of alkyl halides is 1. The third-order valence-corrected chi connectivity index (χ3v) is 5.11. The number of halogens is 1. The third-order valence-electron chi connectivity index (χ3n) is 4.59. The predicted molar refractivity (Wildman–Crippen MR) is 75.8 cm³/mol. The molecule has 2 saturated carbocycles. The first kappa shape index (κ1) is 14.2. The predicted octanol–water partition coefficient (Wildman–Crippen LogP) is 3.87. The molecular weight excluding hydrogens is 246 g/mol. The van der Waals surface area contributed by atoms with E-state index < -0.39 is 0 Å². The van der Waals surface area contributed by atoms with Crippen molar-refractivity contribution in [2.75, 3.05) is 0 Å². The molecule has 18 heavy (non-hydrogen) atoms. The summed E-state index contributed by atoms with van der Waals surface area (Å²) in [6, 6.07) is 0.212. The highest BCUT2D eigenvalue weighted by Gasteiger charge is 2.42. The molecule has 104 valence electrons. The molecule has 2 aliphatic carbocycles. The maximum absolute atomic E-state index is 12.6. The van der Waals surface area contributed by atoms with Crippen LogP contribution in [0.25, 0.3) is 0 Å². The molecule has 0 aromatic rings. The molecule has 2 aliphatic rings. The van der Waals surface area contributed by atoms with Gasteiger partial charge >= 0.3 is 0 Å². The van der Waals surface area contributed by atoms with E-state index in [0.717, 1.165) is 38.5 Å². The van der Waals surface area contributed by atoms with E-state index in [9.17, 15) is 4.79 Å². The second kappa shape index (κ2) is 5.81. The molecule has 2 unspecified atom stereocenters. The lowest BCUT2D eigenvalue weighted by Crippen LogP contribution is -2.46.